The zero-order chi connectivity index (χ0) is 26.8. The molecule has 0 aliphatic heterocycles. The number of hydrogen-bond acceptors (Lipinski definition) is 7. The van der Waals surface area contributed by atoms with E-state index in [9.17, 15) is 9.59 Å². The largest absolute Gasteiger partial charge is 0.493 e. The highest BCUT2D eigenvalue weighted by Gasteiger charge is 2.19. The summed E-state index contributed by atoms with van der Waals surface area (Å²) in [5.74, 6) is 1.70. The number of carbonyl (C=O) groups excluding carboxylic acids is 2. The SMILES string of the molecule is CCOc1cc(C(=O)Nc2ccc(NC(=O)c3ccc(OC)c(OC)c3)cc2)cc(OCC)c1OCC. The Balaban J connectivity index is 1.73. The van der Waals surface area contributed by atoms with Crippen molar-refractivity contribution in [3.05, 3.63) is 65.7 Å². The first kappa shape index (κ1) is 27.2. The minimum atomic E-state index is -0.341. The molecule has 0 atom stereocenters. The fourth-order valence-electron chi connectivity index (χ4n) is 3.54. The molecule has 2 amide bonds. The summed E-state index contributed by atoms with van der Waals surface area (Å²) in [7, 11) is 3.04. The Labute approximate surface area is 216 Å². The second-order valence-corrected chi connectivity index (χ2v) is 7.66. The minimum absolute atomic E-state index is 0.306. The third-order valence-corrected chi connectivity index (χ3v) is 5.22. The van der Waals surface area contributed by atoms with E-state index in [2.05, 4.69) is 10.6 Å². The van der Waals surface area contributed by atoms with Crippen molar-refractivity contribution in [2.45, 2.75) is 20.8 Å². The van der Waals surface area contributed by atoms with Crippen LogP contribution in [0.1, 0.15) is 41.5 Å². The van der Waals surface area contributed by atoms with Crippen LogP contribution in [0.15, 0.2) is 54.6 Å². The van der Waals surface area contributed by atoms with Gasteiger partial charge in [0.25, 0.3) is 11.8 Å². The Bertz CT molecular complexity index is 1200. The zero-order valence-electron chi connectivity index (χ0n) is 21.7. The average Bonchev–Trinajstić information content (AvgIpc) is 2.91. The van der Waals surface area contributed by atoms with Crippen LogP contribution in [0.2, 0.25) is 0 Å². The van der Waals surface area contributed by atoms with Gasteiger partial charge in [-0.2, -0.15) is 0 Å². The number of ether oxygens (including phenoxy) is 5. The van der Waals surface area contributed by atoms with Crippen molar-refractivity contribution in [3.8, 4) is 28.7 Å². The maximum atomic E-state index is 13.0. The Morgan fingerprint density at radius 3 is 1.51 bits per heavy atom. The number of nitrogens with one attached hydrogen (secondary N) is 2. The van der Waals surface area contributed by atoms with E-state index in [0.717, 1.165) is 0 Å². The predicted molar refractivity (Wildman–Crippen MR) is 142 cm³/mol. The van der Waals surface area contributed by atoms with E-state index in [0.29, 0.717) is 71.1 Å². The number of benzene rings is 3. The lowest BCUT2D eigenvalue weighted by molar-refractivity contribution is 0.101. The van der Waals surface area contributed by atoms with Crippen LogP contribution in [0.3, 0.4) is 0 Å². The molecule has 196 valence electrons. The molecule has 2 N–H and O–H groups in total. The smallest absolute Gasteiger partial charge is 0.255 e. The summed E-state index contributed by atoms with van der Waals surface area (Å²) in [6.45, 7) is 6.83. The Hall–Kier alpha value is -4.40. The topological polar surface area (TPSA) is 104 Å². The number of amides is 2. The van der Waals surface area contributed by atoms with Gasteiger partial charge in [-0.05, 0) is 75.4 Å². The third-order valence-electron chi connectivity index (χ3n) is 5.22. The van der Waals surface area contributed by atoms with Gasteiger partial charge in [-0.1, -0.05) is 0 Å². The molecule has 0 unspecified atom stereocenters. The van der Waals surface area contributed by atoms with Crippen LogP contribution in [0.25, 0.3) is 0 Å². The highest BCUT2D eigenvalue weighted by molar-refractivity contribution is 6.06. The maximum Gasteiger partial charge on any atom is 0.255 e. The first-order valence-corrected chi connectivity index (χ1v) is 11.9. The van der Waals surface area contributed by atoms with Crippen LogP contribution < -0.4 is 34.3 Å². The molecule has 0 aliphatic carbocycles. The van der Waals surface area contributed by atoms with Gasteiger partial charge in [0.15, 0.2) is 23.0 Å². The quantitative estimate of drug-likeness (QED) is 0.337. The molecule has 0 spiro atoms. The van der Waals surface area contributed by atoms with Crippen molar-refractivity contribution in [1.29, 1.82) is 0 Å². The molecule has 0 fully saturated rings. The first-order valence-electron chi connectivity index (χ1n) is 11.9. The van der Waals surface area contributed by atoms with Gasteiger partial charge in [-0.3, -0.25) is 9.59 Å². The van der Waals surface area contributed by atoms with Crippen LogP contribution in [-0.4, -0.2) is 45.9 Å². The van der Waals surface area contributed by atoms with Gasteiger partial charge in [-0.25, -0.2) is 0 Å². The van der Waals surface area contributed by atoms with E-state index in [4.69, 9.17) is 23.7 Å². The van der Waals surface area contributed by atoms with Gasteiger partial charge >= 0.3 is 0 Å². The first-order chi connectivity index (χ1) is 17.9. The van der Waals surface area contributed by atoms with Gasteiger partial charge in [0, 0.05) is 22.5 Å². The highest BCUT2D eigenvalue weighted by atomic mass is 16.5. The molecule has 0 saturated carbocycles. The zero-order valence-corrected chi connectivity index (χ0v) is 21.7. The van der Waals surface area contributed by atoms with Gasteiger partial charge in [-0.15, -0.1) is 0 Å². The average molecular weight is 509 g/mol. The normalized spacial score (nSPS) is 10.3. The van der Waals surface area contributed by atoms with Gasteiger partial charge < -0.3 is 34.3 Å². The van der Waals surface area contributed by atoms with Crippen LogP contribution in [0.5, 0.6) is 28.7 Å². The molecule has 3 rings (SSSR count). The second-order valence-electron chi connectivity index (χ2n) is 7.66. The van der Waals surface area contributed by atoms with Gasteiger partial charge in [0.05, 0.1) is 34.0 Å². The lowest BCUT2D eigenvalue weighted by Crippen LogP contribution is -2.14. The lowest BCUT2D eigenvalue weighted by Gasteiger charge is -2.17. The van der Waals surface area contributed by atoms with Crippen molar-refractivity contribution in [2.75, 3.05) is 44.7 Å². The van der Waals surface area contributed by atoms with Crippen molar-refractivity contribution < 1.29 is 33.3 Å². The molecule has 0 aromatic heterocycles. The number of anilines is 2. The summed E-state index contributed by atoms with van der Waals surface area (Å²) in [6, 6.07) is 15.0. The molecule has 0 radical (unpaired) electrons. The summed E-state index contributed by atoms with van der Waals surface area (Å²) in [5.41, 5.74) is 1.90. The fraction of sp³-hybridized carbons (Fsp3) is 0.286. The summed E-state index contributed by atoms with van der Waals surface area (Å²) in [5, 5.41) is 5.68. The molecule has 9 nitrogen and oxygen atoms in total. The molecule has 0 aliphatic rings. The van der Waals surface area contributed by atoms with Crippen LogP contribution in [0.4, 0.5) is 11.4 Å². The van der Waals surface area contributed by atoms with Gasteiger partial charge in [0.1, 0.15) is 0 Å². The summed E-state index contributed by atoms with van der Waals surface area (Å²) in [6.07, 6.45) is 0. The van der Waals surface area contributed by atoms with Crippen LogP contribution >= 0.6 is 0 Å². The number of hydrogen-bond donors (Lipinski definition) is 2. The second kappa shape index (κ2) is 13.1. The molecule has 9 heteroatoms. The fourth-order valence-corrected chi connectivity index (χ4v) is 3.54. The molecular weight excluding hydrogens is 476 g/mol. The Kier molecular flexibility index (Phi) is 9.60. The molecule has 0 saturated heterocycles. The monoisotopic (exact) mass is 508 g/mol. The molecule has 37 heavy (non-hydrogen) atoms. The van der Waals surface area contributed by atoms with Crippen molar-refractivity contribution >= 4 is 23.2 Å². The third kappa shape index (κ3) is 6.84. The summed E-state index contributed by atoms with van der Waals surface area (Å²) < 4.78 is 27.6. The molecule has 3 aromatic carbocycles. The van der Waals surface area contributed by atoms with Crippen molar-refractivity contribution in [1.82, 2.24) is 0 Å². The summed E-state index contributed by atoms with van der Waals surface area (Å²) in [4.78, 5) is 25.7. The van der Waals surface area contributed by atoms with E-state index < -0.39 is 0 Å². The maximum absolute atomic E-state index is 13.0. The van der Waals surface area contributed by atoms with E-state index >= 15 is 0 Å². The number of methoxy groups -OCH3 is 2. The summed E-state index contributed by atoms with van der Waals surface area (Å²) >= 11 is 0. The molecule has 0 bridgehead atoms. The van der Waals surface area contributed by atoms with Crippen molar-refractivity contribution in [3.63, 3.8) is 0 Å². The van der Waals surface area contributed by atoms with Crippen LogP contribution in [-0.2, 0) is 0 Å². The van der Waals surface area contributed by atoms with Crippen molar-refractivity contribution in [2.24, 2.45) is 0 Å². The molecular formula is C28H32N2O7. The van der Waals surface area contributed by atoms with E-state index in [1.54, 1.807) is 54.6 Å². The number of carbonyl (C=O) groups is 2. The Morgan fingerprint density at radius 1 is 0.595 bits per heavy atom. The van der Waals surface area contributed by atoms with E-state index in [1.807, 2.05) is 20.8 Å². The van der Waals surface area contributed by atoms with E-state index in [-0.39, 0.29) is 11.8 Å². The Morgan fingerprint density at radius 2 is 1.05 bits per heavy atom. The predicted octanol–water partition coefficient (Wildman–Crippen LogP) is 5.40. The molecule has 0 heterocycles. The van der Waals surface area contributed by atoms with Crippen LogP contribution in [0, 0.1) is 0 Å². The van der Waals surface area contributed by atoms with Gasteiger partial charge in [0.2, 0.25) is 5.75 Å². The lowest BCUT2D eigenvalue weighted by atomic mass is 10.1. The van der Waals surface area contributed by atoms with E-state index in [1.165, 1.54) is 14.2 Å². The highest BCUT2D eigenvalue weighted by Crippen LogP contribution is 2.39. The molecule has 3 aromatic rings. The standard InChI is InChI=1S/C28H32N2O7/c1-6-35-24-16-19(17-25(36-7-2)26(24)37-8-3)28(32)30-21-12-10-20(11-13-21)29-27(31)18-9-14-22(33-4)23(15-18)34-5/h9-17H,6-8H2,1-5H3,(H,29,31)(H,30,32). The number of rotatable bonds is 12. The minimum Gasteiger partial charge on any atom is -0.493 e.